The van der Waals surface area contributed by atoms with Crippen molar-refractivity contribution in [3.8, 4) is 0 Å². The van der Waals surface area contributed by atoms with Crippen molar-refractivity contribution in [1.82, 2.24) is 15.0 Å². The second-order valence-corrected chi connectivity index (χ2v) is 3.86. The van der Waals surface area contributed by atoms with Gasteiger partial charge in [-0.05, 0) is 27.4 Å². The number of hydrogen-bond donors (Lipinski definition) is 1. The van der Waals surface area contributed by atoms with Crippen LogP contribution >= 0.6 is 0 Å². The third-order valence-corrected chi connectivity index (χ3v) is 1.78. The molecule has 0 aliphatic carbocycles. The number of rotatable bonds is 5. The highest BCUT2D eigenvalue weighted by atomic mass is 16.5. The van der Waals surface area contributed by atoms with Gasteiger partial charge in [0.1, 0.15) is 0 Å². The first-order valence-electron chi connectivity index (χ1n) is 4.79. The molecule has 14 heavy (non-hydrogen) atoms. The van der Waals surface area contributed by atoms with Crippen LogP contribution in [0.1, 0.15) is 25.1 Å². The molecule has 1 aromatic rings. The molecule has 80 valence electrons. The lowest BCUT2D eigenvalue weighted by Gasteiger charge is -2.03. The Balaban J connectivity index is 2.42. The molecule has 0 aromatic carbocycles. The van der Waals surface area contributed by atoms with E-state index in [1.807, 2.05) is 25.9 Å². The molecule has 0 saturated heterocycles. The summed E-state index contributed by atoms with van der Waals surface area (Å²) in [7, 11) is 3.94. The zero-order chi connectivity index (χ0) is 10.6. The van der Waals surface area contributed by atoms with E-state index in [4.69, 9.17) is 10.3 Å². The van der Waals surface area contributed by atoms with Crippen molar-refractivity contribution in [2.24, 2.45) is 5.73 Å². The molecule has 0 amide bonds. The van der Waals surface area contributed by atoms with Crippen molar-refractivity contribution in [3.63, 3.8) is 0 Å². The van der Waals surface area contributed by atoms with Crippen molar-refractivity contribution >= 4 is 0 Å². The molecule has 0 fully saturated rings. The van der Waals surface area contributed by atoms with Gasteiger partial charge in [-0.1, -0.05) is 5.16 Å². The van der Waals surface area contributed by atoms with Crippen molar-refractivity contribution in [3.05, 3.63) is 11.7 Å². The van der Waals surface area contributed by atoms with E-state index in [1.54, 1.807) is 0 Å². The minimum atomic E-state index is 0.180. The van der Waals surface area contributed by atoms with Crippen LogP contribution in [0.2, 0.25) is 0 Å². The lowest BCUT2D eigenvalue weighted by molar-refractivity contribution is 0.346. The molecule has 1 atom stereocenters. The van der Waals surface area contributed by atoms with Gasteiger partial charge in [0.05, 0.1) is 6.54 Å². The second kappa shape index (κ2) is 5.07. The van der Waals surface area contributed by atoms with E-state index in [0.29, 0.717) is 12.4 Å². The van der Waals surface area contributed by atoms with Gasteiger partial charge in [-0.3, -0.25) is 0 Å². The van der Waals surface area contributed by atoms with Gasteiger partial charge in [0, 0.05) is 12.5 Å². The summed E-state index contributed by atoms with van der Waals surface area (Å²) in [5.41, 5.74) is 5.63. The van der Waals surface area contributed by atoms with Crippen LogP contribution in [0.4, 0.5) is 0 Å². The van der Waals surface area contributed by atoms with Gasteiger partial charge >= 0.3 is 0 Å². The molecule has 0 bridgehead atoms. The Kier molecular flexibility index (Phi) is 4.03. The van der Waals surface area contributed by atoms with Crippen LogP contribution in [0.25, 0.3) is 0 Å². The molecule has 5 heteroatoms. The van der Waals surface area contributed by atoms with Crippen LogP contribution in [0.15, 0.2) is 4.52 Å². The van der Waals surface area contributed by atoms with Crippen LogP contribution in [-0.2, 0) is 13.0 Å². The summed E-state index contributed by atoms with van der Waals surface area (Å²) < 4.78 is 5.07. The highest BCUT2D eigenvalue weighted by Crippen LogP contribution is 2.03. The molecule has 2 N–H and O–H groups in total. The van der Waals surface area contributed by atoms with Crippen LogP contribution in [-0.4, -0.2) is 35.2 Å². The van der Waals surface area contributed by atoms with Crippen LogP contribution in [0.3, 0.4) is 0 Å². The smallest absolute Gasteiger partial charge is 0.226 e. The summed E-state index contributed by atoms with van der Waals surface area (Å²) in [5, 5.41) is 3.87. The summed E-state index contributed by atoms with van der Waals surface area (Å²) in [5.74, 6) is 1.41. The molecule has 1 unspecified atom stereocenters. The van der Waals surface area contributed by atoms with E-state index < -0.39 is 0 Å². The average molecular weight is 198 g/mol. The summed E-state index contributed by atoms with van der Waals surface area (Å²) in [6, 6.07) is 0.180. The normalized spacial score (nSPS) is 13.5. The number of nitrogens with zero attached hydrogens (tertiary/aromatic N) is 3. The molecule has 0 spiro atoms. The van der Waals surface area contributed by atoms with Crippen LogP contribution in [0, 0.1) is 0 Å². The lowest BCUT2D eigenvalue weighted by atomic mass is 10.2. The van der Waals surface area contributed by atoms with Gasteiger partial charge in [-0.2, -0.15) is 4.98 Å². The third kappa shape index (κ3) is 3.85. The van der Waals surface area contributed by atoms with E-state index >= 15 is 0 Å². The highest BCUT2D eigenvalue weighted by Gasteiger charge is 2.07. The van der Waals surface area contributed by atoms with Gasteiger partial charge in [0.15, 0.2) is 5.82 Å². The molecule has 1 heterocycles. The molecule has 0 aliphatic rings. The number of nitrogens with two attached hydrogens (primary N) is 1. The zero-order valence-electron chi connectivity index (χ0n) is 9.03. The summed E-state index contributed by atoms with van der Waals surface area (Å²) in [6.07, 6.45) is 1.64. The second-order valence-electron chi connectivity index (χ2n) is 3.86. The Morgan fingerprint density at radius 1 is 1.50 bits per heavy atom. The third-order valence-electron chi connectivity index (χ3n) is 1.78. The SMILES string of the molecule is CC(N)CCc1nc(CN(C)C)no1. The Hall–Kier alpha value is -0.940. The fourth-order valence-electron chi connectivity index (χ4n) is 1.09. The van der Waals surface area contributed by atoms with E-state index in [9.17, 15) is 0 Å². The maximum atomic E-state index is 5.63. The van der Waals surface area contributed by atoms with Crippen molar-refractivity contribution in [1.29, 1.82) is 0 Å². The van der Waals surface area contributed by atoms with Gasteiger partial charge < -0.3 is 15.2 Å². The Labute approximate surface area is 84.3 Å². The average Bonchev–Trinajstić information content (AvgIpc) is 2.47. The molecule has 1 rings (SSSR count). The Morgan fingerprint density at radius 3 is 2.79 bits per heavy atom. The molecule has 0 saturated carbocycles. The predicted octanol–water partition coefficient (Wildman–Crippen LogP) is 0.411. The number of hydrogen-bond acceptors (Lipinski definition) is 5. The summed E-state index contributed by atoms with van der Waals surface area (Å²) in [4.78, 5) is 6.25. The maximum absolute atomic E-state index is 5.63. The molecule has 1 aromatic heterocycles. The van der Waals surface area contributed by atoms with Crippen molar-refractivity contribution in [2.45, 2.75) is 32.4 Å². The van der Waals surface area contributed by atoms with E-state index in [2.05, 4.69) is 10.1 Å². The van der Waals surface area contributed by atoms with Gasteiger partial charge in [-0.25, -0.2) is 0 Å². The molecule has 5 nitrogen and oxygen atoms in total. The van der Waals surface area contributed by atoms with Crippen molar-refractivity contribution in [2.75, 3.05) is 14.1 Å². The summed E-state index contributed by atoms with van der Waals surface area (Å²) >= 11 is 0. The number of aromatic nitrogens is 2. The first kappa shape index (κ1) is 11.1. The highest BCUT2D eigenvalue weighted by molar-refractivity contribution is 4.86. The van der Waals surface area contributed by atoms with Gasteiger partial charge in [0.25, 0.3) is 0 Å². The fourth-order valence-corrected chi connectivity index (χ4v) is 1.09. The first-order valence-corrected chi connectivity index (χ1v) is 4.79. The van der Waals surface area contributed by atoms with Crippen LogP contribution < -0.4 is 5.73 Å². The van der Waals surface area contributed by atoms with E-state index in [0.717, 1.165) is 18.7 Å². The Bertz CT molecular complexity index is 270. The van der Waals surface area contributed by atoms with Gasteiger partial charge in [-0.15, -0.1) is 0 Å². The quantitative estimate of drug-likeness (QED) is 0.742. The minimum absolute atomic E-state index is 0.180. The van der Waals surface area contributed by atoms with Gasteiger partial charge in [0.2, 0.25) is 5.89 Å². The monoisotopic (exact) mass is 198 g/mol. The first-order chi connectivity index (χ1) is 6.58. The predicted molar refractivity (Wildman–Crippen MR) is 53.7 cm³/mol. The molecule has 0 aliphatic heterocycles. The van der Waals surface area contributed by atoms with Crippen LogP contribution in [0.5, 0.6) is 0 Å². The molecular weight excluding hydrogens is 180 g/mol. The standard InChI is InChI=1S/C9H18N4O/c1-7(10)4-5-9-11-8(12-14-9)6-13(2)3/h7H,4-6,10H2,1-3H3. The molecule has 0 radical (unpaired) electrons. The van der Waals surface area contributed by atoms with E-state index in [-0.39, 0.29) is 6.04 Å². The summed E-state index contributed by atoms with van der Waals surface area (Å²) in [6.45, 7) is 2.68. The molecular formula is C9H18N4O. The topological polar surface area (TPSA) is 68.2 Å². The lowest BCUT2D eigenvalue weighted by Crippen LogP contribution is -2.15. The minimum Gasteiger partial charge on any atom is -0.339 e. The number of aryl methyl sites for hydroxylation is 1. The van der Waals surface area contributed by atoms with Crippen molar-refractivity contribution < 1.29 is 4.52 Å². The largest absolute Gasteiger partial charge is 0.339 e. The fraction of sp³-hybridized carbons (Fsp3) is 0.778. The zero-order valence-corrected chi connectivity index (χ0v) is 9.03. The maximum Gasteiger partial charge on any atom is 0.226 e. The Morgan fingerprint density at radius 2 is 2.21 bits per heavy atom. The van der Waals surface area contributed by atoms with E-state index in [1.165, 1.54) is 0 Å².